The molecule has 0 saturated heterocycles. The number of nitrogens with one attached hydrogen (secondary N) is 1. The molecule has 21 heavy (non-hydrogen) atoms. The lowest BCUT2D eigenvalue weighted by molar-refractivity contribution is 0.627. The van der Waals surface area contributed by atoms with E-state index in [1.165, 1.54) is 18.3 Å². The minimum Gasteiger partial charge on any atom is -0.259 e. The Morgan fingerprint density at radius 1 is 1.05 bits per heavy atom. The molecule has 0 aliphatic rings. The number of hydrogen-bond acceptors (Lipinski definition) is 4. The van der Waals surface area contributed by atoms with Gasteiger partial charge in [-0.3, -0.25) is 5.43 Å². The van der Waals surface area contributed by atoms with E-state index in [2.05, 4.69) is 20.5 Å². The molecule has 0 amide bonds. The van der Waals surface area contributed by atoms with Crippen LogP contribution in [-0.2, 0) is 0 Å². The Bertz CT molecular complexity index is 820. The number of hydrogen-bond donors (Lipinski definition) is 1. The maximum absolute atomic E-state index is 13.0. The molecule has 2 aromatic carbocycles. The van der Waals surface area contributed by atoms with Gasteiger partial charge in [0.05, 0.1) is 17.2 Å². The van der Waals surface area contributed by atoms with Gasteiger partial charge in [-0.05, 0) is 29.8 Å². The summed E-state index contributed by atoms with van der Waals surface area (Å²) >= 11 is 6.04. The van der Waals surface area contributed by atoms with E-state index in [1.807, 2.05) is 24.3 Å². The largest absolute Gasteiger partial charge is 0.259 e. The van der Waals surface area contributed by atoms with E-state index in [4.69, 9.17) is 11.6 Å². The Kier molecular flexibility index (Phi) is 3.75. The number of halogens is 2. The van der Waals surface area contributed by atoms with Crippen LogP contribution in [0.5, 0.6) is 0 Å². The molecule has 0 bridgehead atoms. The van der Waals surface area contributed by atoms with Gasteiger partial charge in [-0.1, -0.05) is 35.9 Å². The van der Waals surface area contributed by atoms with E-state index in [1.54, 1.807) is 12.1 Å². The van der Waals surface area contributed by atoms with Gasteiger partial charge in [-0.25, -0.2) is 14.4 Å². The Balaban J connectivity index is 1.83. The maximum Gasteiger partial charge on any atom is 0.185 e. The molecule has 1 aromatic heterocycles. The lowest BCUT2D eigenvalue weighted by Crippen LogP contribution is -1.97. The molecule has 0 unspecified atom stereocenters. The number of para-hydroxylation sites is 2. The van der Waals surface area contributed by atoms with E-state index in [-0.39, 0.29) is 11.0 Å². The van der Waals surface area contributed by atoms with Crippen molar-refractivity contribution in [1.29, 1.82) is 0 Å². The Morgan fingerprint density at radius 3 is 2.57 bits per heavy atom. The molecule has 4 nitrogen and oxygen atoms in total. The van der Waals surface area contributed by atoms with E-state index < -0.39 is 0 Å². The second-order valence-corrected chi connectivity index (χ2v) is 4.63. The van der Waals surface area contributed by atoms with Gasteiger partial charge in [-0.2, -0.15) is 5.10 Å². The number of benzene rings is 2. The van der Waals surface area contributed by atoms with Crippen molar-refractivity contribution in [3.8, 4) is 0 Å². The zero-order valence-corrected chi connectivity index (χ0v) is 11.5. The van der Waals surface area contributed by atoms with Gasteiger partial charge < -0.3 is 0 Å². The Hall–Kier alpha value is -2.53. The summed E-state index contributed by atoms with van der Waals surface area (Å²) in [4.78, 5) is 8.55. The fourth-order valence-electron chi connectivity index (χ4n) is 1.80. The number of rotatable bonds is 3. The van der Waals surface area contributed by atoms with Crippen LogP contribution in [0.3, 0.4) is 0 Å². The summed E-state index contributed by atoms with van der Waals surface area (Å²) in [5.74, 6) is 0.0329. The lowest BCUT2D eigenvalue weighted by atomic mass is 10.2. The molecule has 0 aliphatic carbocycles. The summed E-state index contributed by atoms with van der Waals surface area (Å²) < 4.78 is 13.0. The van der Waals surface area contributed by atoms with Crippen LogP contribution in [0.2, 0.25) is 5.15 Å². The second kappa shape index (κ2) is 5.85. The summed E-state index contributed by atoms with van der Waals surface area (Å²) in [5, 5.41) is 4.22. The quantitative estimate of drug-likeness (QED) is 0.590. The van der Waals surface area contributed by atoms with Crippen molar-refractivity contribution in [2.75, 3.05) is 5.43 Å². The zero-order valence-electron chi connectivity index (χ0n) is 10.8. The van der Waals surface area contributed by atoms with Gasteiger partial charge in [0.15, 0.2) is 11.0 Å². The van der Waals surface area contributed by atoms with Gasteiger partial charge in [0, 0.05) is 0 Å². The molecule has 3 rings (SSSR count). The van der Waals surface area contributed by atoms with E-state index in [0.29, 0.717) is 22.4 Å². The second-order valence-electron chi connectivity index (χ2n) is 4.28. The highest BCUT2D eigenvalue weighted by Crippen LogP contribution is 2.20. The van der Waals surface area contributed by atoms with Crippen molar-refractivity contribution < 1.29 is 4.39 Å². The highest BCUT2D eigenvalue weighted by Gasteiger charge is 2.05. The van der Waals surface area contributed by atoms with Crippen molar-refractivity contribution in [3.05, 3.63) is 65.1 Å². The van der Waals surface area contributed by atoms with Crippen LogP contribution >= 0.6 is 11.6 Å². The fourth-order valence-corrected chi connectivity index (χ4v) is 1.98. The third-order valence-electron chi connectivity index (χ3n) is 2.76. The van der Waals surface area contributed by atoms with Crippen molar-refractivity contribution in [1.82, 2.24) is 9.97 Å². The van der Waals surface area contributed by atoms with Crippen LogP contribution in [-0.4, -0.2) is 16.2 Å². The van der Waals surface area contributed by atoms with E-state index >= 15 is 0 Å². The van der Waals surface area contributed by atoms with Crippen LogP contribution in [0.1, 0.15) is 5.56 Å². The Morgan fingerprint density at radius 2 is 1.81 bits per heavy atom. The molecule has 6 heteroatoms. The van der Waals surface area contributed by atoms with Crippen LogP contribution in [0, 0.1) is 5.82 Å². The fraction of sp³-hybridized carbons (Fsp3) is 0. The van der Waals surface area contributed by atoms with Crippen LogP contribution in [0.4, 0.5) is 10.2 Å². The molecule has 1 N–H and O–H groups in total. The molecule has 0 radical (unpaired) electrons. The number of anilines is 1. The standard InChI is InChI=1S/C15H10ClFN4/c16-14-15(20-13-7-2-1-6-12(13)19-14)21-18-9-10-4-3-5-11(17)8-10/h1-9H,(H,20,21)/b18-9+. The first-order valence-electron chi connectivity index (χ1n) is 6.19. The SMILES string of the molecule is Fc1cccc(/C=N/Nc2nc3ccccc3nc2Cl)c1. The van der Waals surface area contributed by atoms with Gasteiger partial charge >= 0.3 is 0 Å². The summed E-state index contributed by atoms with van der Waals surface area (Å²) in [6, 6.07) is 13.5. The van der Waals surface area contributed by atoms with Crippen molar-refractivity contribution in [2.24, 2.45) is 5.10 Å². The van der Waals surface area contributed by atoms with Crippen molar-refractivity contribution >= 4 is 34.7 Å². The minimum absolute atomic E-state index is 0.227. The van der Waals surface area contributed by atoms with Gasteiger partial charge in [0.1, 0.15) is 5.82 Å². The van der Waals surface area contributed by atoms with Crippen LogP contribution in [0.25, 0.3) is 11.0 Å². The number of fused-ring (bicyclic) bond motifs is 1. The molecule has 0 fully saturated rings. The summed E-state index contributed by atoms with van der Waals surface area (Å²) in [6.07, 6.45) is 1.48. The number of nitrogens with zero attached hydrogens (tertiary/aromatic N) is 3. The summed E-state index contributed by atoms with van der Waals surface area (Å²) in [6.45, 7) is 0. The zero-order chi connectivity index (χ0) is 14.7. The minimum atomic E-state index is -0.317. The van der Waals surface area contributed by atoms with Crippen LogP contribution < -0.4 is 5.43 Å². The summed E-state index contributed by atoms with van der Waals surface area (Å²) in [7, 11) is 0. The highest BCUT2D eigenvalue weighted by molar-refractivity contribution is 6.32. The van der Waals surface area contributed by atoms with Crippen molar-refractivity contribution in [2.45, 2.75) is 0 Å². The number of aromatic nitrogens is 2. The molecule has 1 heterocycles. The van der Waals surface area contributed by atoms with Gasteiger partial charge in [-0.15, -0.1) is 0 Å². The normalized spacial score (nSPS) is 11.1. The van der Waals surface area contributed by atoms with Crippen molar-refractivity contribution in [3.63, 3.8) is 0 Å². The molecule has 0 atom stereocenters. The molecule has 0 aliphatic heterocycles. The first-order valence-corrected chi connectivity index (χ1v) is 6.57. The monoisotopic (exact) mass is 300 g/mol. The van der Waals surface area contributed by atoms with Gasteiger partial charge in [0.2, 0.25) is 0 Å². The predicted molar refractivity (Wildman–Crippen MR) is 82.2 cm³/mol. The smallest absolute Gasteiger partial charge is 0.185 e. The average Bonchev–Trinajstić information content (AvgIpc) is 2.48. The first kappa shape index (κ1) is 13.5. The molecule has 0 saturated carbocycles. The third-order valence-corrected chi connectivity index (χ3v) is 3.02. The molecule has 0 spiro atoms. The highest BCUT2D eigenvalue weighted by atomic mass is 35.5. The van der Waals surface area contributed by atoms with Crippen LogP contribution in [0.15, 0.2) is 53.6 Å². The Labute approximate surface area is 125 Å². The van der Waals surface area contributed by atoms with E-state index in [9.17, 15) is 4.39 Å². The average molecular weight is 301 g/mol. The summed E-state index contributed by atoms with van der Waals surface area (Å²) in [5.41, 5.74) is 4.77. The predicted octanol–water partition coefficient (Wildman–Crippen LogP) is 3.87. The van der Waals surface area contributed by atoms with E-state index in [0.717, 1.165) is 0 Å². The van der Waals surface area contributed by atoms with Gasteiger partial charge in [0.25, 0.3) is 0 Å². The third kappa shape index (κ3) is 3.14. The lowest BCUT2D eigenvalue weighted by Gasteiger charge is -2.03. The molecular weight excluding hydrogens is 291 g/mol. The molecule has 3 aromatic rings. The topological polar surface area (TPSA) is 50.2 Å². The molecular formula is C15H10ClFN4. The maximum atomic E-state index is 13.0. The number of hydrazone groups is 1. The first-order chi connectivity index (χ1) is 10.2. The molecule has 104 valence electrons.